The van der Waals surface area contributed by atoms with Crippen LogP contribution in [0.5, 0.6) is 0 Å². The van der Waals surface area contributed by atoms with Crippen LogP contribution in [0.3, 0.4) is 0 Å². The zero-order chi connectivity index (χ0) is 18.7. The van der Waals surface area contributed by atoms with Crippen molar-refractivity contribution in [2.45, 2.75) is 64.0 Å². The summed E-state index contributed by atoms with van der Waals surface area (Å²) < 4.78 is 0. The number of carbonyl (C=O) groups excluding carboxylic acids is 2. The lowest BCUT2D eigenvalue weighted by Gasteiger charge is -2.28. The van der Waals surface area contributed by atoms with Crippen molar-refractivity contribution in [3.05, 3.63) is 17.2 Å². The fraction of sp³-hybridized carbons (Fsp3) is 0.667. The molecule has 1 aromatic heterocycles. The number of anilines is 1. The maximum atomic E-state index is 12.2. The second kappa shape index (κ2) is 7.84. The lowest BCUT2D eigenvalue weighted by molar-refractivity contribution is -0.125. The molecule has 142 valence electrons. The van der Waals surface area contributed by atoms with Crippen molar-refractivity contribution in [2.24, 2.45) is 5.92 Å². The zero-order valence-electron chi connectivity index (χ0n) is 15.5. The van der Waals surface area contributed by atoms with Gasteiger partial charge in [-0.15, -0.1) is 10.2 Å². The molecule has 7 nitrogen and oxygen atoms in total. The Balaban J connectivity index is 1.54. The van der Waals surface area contributed by atoms with Gasteiger partial charge in [0.05, 0.1) is 6.04 Å². The predicted octanol–water partition coefficient (Wildman–Crippen LogP) is 1.98. The molecule has 0 unspecified atom stereocenters. The van der Waals surface area contributed by atoms with Crippen molar-refractivity contribution in [1.82, 2.24) is 20.8 Å². The SMILES string of the molecule is CC(C)(C)c1nnc(NC(=O)C=C[C@H](CC2CC2)NC(=O)[C@@H]2CCN2)s1. The normalized spacial score (nSPS) is 21.3. The minimum absolute atomic E-state index is 0.0194. The Labute approximate surface area is 158 Å². The Morgan fingerprint density at radius 3 is 2.58 bits per heavy atom. The molecule has 2 atom stereocenters. The maximum Gasteiger partial charge on any atom is 0.249 e. The van der Waals surface area contributed by atoms with Gasteiger partial charge in [0, 0.05) is 17.5 Å². The highest BCUT2D eigenvalue weighted by atomic mass is 32.1. The summed E-state index contributed by atoms with van der Waals surface area (Å²) in [5.41, 5.74) is -0.0916. The minimum atomic E-state index is -0.251. The van der Waals surface area contributed by atoms with Gasteiger partial charge in [-0.3, -0.25) is 14.9 Å². The van der Waals surface area contributed by atoms with Crippen LogP contribution in [0, 0.1) is 5.92 Å². The first-order chi connectivity index (χ1) is 12.3. The quantitative estimate of drug-likeness (QED) is 0.632. The van der Waals surface area contributed by atoms with Gasteiger partial charge in [-0.25, -0.2) is 0 Å². The van der Waals surface area contributed by atoms with Crippen LogP contribution in [0.15, 0.2) is 12.2 Å². The van der Waals surface area contributed by atoms with Gasteiger partial charge in [-0.1, -0.05) is 51.0 Å². The molecule has 8 heteroatoms. The third-order valence-corrected chi connectivity index (χ3v) is 5.79. The maximum absolute atomic E-state index is 12.2. The Morgan fingerprint density at radius 1 is 1.31 bits per heavy atom. The first-order valence-corrected chi connectivity index (χ1v) is 10.00. The van der Waals surface area contributed by atoms with Crippen molar-refractivity contribution in [2.75, 3.05) is 11.9 Å². The number of hydrogen-bond acceptors (Lipinski definition) is 6. The molecule has 3 rings (SSSR count). The Kier molecular flexibility index (Phi) is 5.72. The number of hydrogen-bond donors (Lipinski definition) is 3. The molecule has 2 fully saturated rings. The van der Waals surface area contributed by atoms with Crippen LogP contribution in [0.1, 0.15) is 51.5 Å². The molecule has 0 radical (unpaired) electrons. The van der Waals surface area contributed by atoms with Crippen molar-refractivity contribution in [3.63, 3.8) is 0 Å². The molecule has 0 aromatic carbocycles. The van der Waals surface area contributed by atoms with Gasteiger partial charge < -0.3 is 10.6 Å². The summed E-state index contributed by atoms with van der Waals surface area (Å²) in [5.74, 6) is 0.421. The van der Waals surface area contributed by atoms with Crippen molar-refractivity contribution < 1.29 is 9.59 Å². The number of rotatable bonds is 7. The Hall–Kier alpha value is -1.80. The van der Waals surface area contributed by atoms with Gasteiger partial charge in [0.25, 0.3) is 0 Å². The third-order valence-electron chi connectivity index (χ3n) is 4.53. The van der Waals surface area contributed by atoms with E-state index in [1.54, 1.807) is 6.08 Å². The molecule has 1 aliphatic heterocycles. The van der Waals surface area contributed by atoms with E-state index in [-0.39, 0.29) is 29.3 Å². The van der Waals surface area contributed by atoms with E-state index in [9.17, 15) is 9.59 Å². The summed E-state index contributed by atoms with van der Waals surface area (Å²) in [7, 11) is 0. The van der Waals surface area contributed by atoms with Gasteiger partial charge in [0.1, 0.15) is 5.01 Å². The van der Waals surface area contributed by atoms with Crippen LogP contribution >= 0.6 is 11.3 Å². The lowest BCUT2D eigenvalue weighted by Crippen LogP contribution is -2.54. The number of nitrogens with zero attached hydrogens (tertiary/aromatic N) is 2. The highest BCUT2D eigenvalue weighted by Crippen LogP contribution is 2.34. The summed E-state index contributed by atoms with van der Waals surface area (Å²) in [5, 5.41) is 18.4. The van der Waals surface area contributed by atoms with E-state index in [1.807, 2.05) is 0 Å². The fourth-order valence-corrected chi connectivity index (χ4v) is 3.43. The topological polar surface area (TPSA) is 96.0 Å². The molecule has 0 bridgehead atoms. The molecule has 2 amide bonds. The van der Waals surface area contributed by atoms with E-state index in [1.165, 1.54) is 30.3 Å². The van der Waals surface area contributed by atoms with E-state index < -0.39 is 0 Å². The van der Waals surface area contributed by atoms with E-state index in [0.717, 1.165) is 24.4 Å². The van der Waals surface area contributed by atoms with E-state index in [2.05, 4.69) is 46.9 Å². The summed E-state index contributed by atoms with van der Waals surface area (Å²) >= 11 is 1.38. The largest absolute Gasteiger partial charge is 0.349 e. The second-order valence-electron chi connectivity index (χ2n) is 8.10. The van der Waals surface area contributed by atoms with E-state index >= 15 is 0 Å². The molecule has 26 heavy (non-hydrogen) atoms. The molecule has 2 heterocycles. The van der Waals surface area contributed by atoms with Gasteiger partial charge in [-0.2, -0.15) is 0 Å². The van der Waals surface area contributed by atoms with Crippen LogP contribution in [0.25, 0.3) is 0 Å². The lowest BCUT2D eigenvalue weighted by atomic mass is 9.98. The van der Waals surface area contributed by atoms with Crippen molar-refractivity contribution >= 4 is 28.3 Å². The van der Waals surface area contributed by atoms with Gasteiger partial charge in [0.2, 0.25) is 16.9 Å². The highest BCUT2D eigenvalue weighted by Gasteiger charge is 2.29. The molecule has 3 N–H and O–H groups in total. The van der Waals surface area contributed by atoms with Crippen LogP contribution < -0.4 is 16.0 Å². The summed E-state index contributed by atoms with van der Waals surface area (Å²) in [4.78, 5) is 24.3. The zero-order valence-corrected chi connectivity index (χ0v) is 16.4. The minimum Gasteiger partial charge on any atom is -0.349 e. The smallest absolute Gasteiger partial charge is 0.249 e. The Bertz CT molecular complexity index is 686. The molecular weight excluding hydrogens is 350 g/mol. The standard InChI is InChI=1S/C18H27N5O2S/c1-18(2,3)16-22-23-17(26-16)21-14(24)7-6-12(10-11-4-5-11)20-15(25)13-8-9-19-13/h6-7,11-13,19H,4-5,8-10H2,1-3H3,(H,20,25)(H,21,23,24)/t12-,13+/m1/s1. The molecule has 1 aliphatic carbocycles. The van der Waals surface area contributed by atoms with Gasteiger partial charge in [0.15, 0.2) is 0 Å². The molecule has 1 saturated heterocycles. The molecular formula is C18H27N5O2S. The third kappa shape index (κ3) is 5.35. The van der Waals surface area contributed by atoms with Crippen LogP contribution in [-0.4, -0.2) is 40.6 Å². The van der Waals surface area contributed by atoms with Crippen LogP contribution in [0.2, 0.25) is 0 Å². The first-order valence-electron chi connectivity index (χ1n) is 9.18. The number of nitrogens with one attached hydrogen (secondary N) is 3. The Morgan fingerprint density at radius 2 is 2.04 bits per heavy atom. The monoisotopic (exact) mass is 377 g/mol. The average Bonchev–Trinajstić information content (AvgIpc) is 3.17. The average molecular weight is 378 g/mol. The van der Waals surface area contributed by atoms with Crippen LogP contribution in [-0.2, 0) is 15.0 Å². The number of carbonyl (C=O) groups is 2. The summed E-state index contributed by atoms with van der Waals surface area (Å²) in [6.07, 6.45) is 7.44. The molecule has 1 aromatic rings. The predicted molar refractivity (Wildman–Crippen MR) is 102 cm³/mol. The van der Waals surface area contributed by atoms with Gasteiger partial charge in [-0.05, 0) is 25.3 Å². The van der Waals surface area contributed by atoms with Crippen molar-refractivity contribution in [1.29, 1.82) is 0 Å². The van der Waals surface area contributed by atoms with E-state index in [4.69, 9.17) is 0 Å². The number of aromatic nitrogens is 2. The number of amides is 2. The molecule has 1 saturated carbocycles. The van der Waals surface area contributed by atoms with Gasteiger partial charge >= 0.3 is 0 Å². The summed E-state index contributed by atoms with van der Waals surface area (Å²) in [6, 6.07) is -0.196. The van der Waals surface area contributed by atoms with E-state index in [0.29, 0.717) is 11.0 Å². The highest BCUT2D eigenvalue weighted by molar-refractivity contribution is 7.15. The van der Waals surface area contributed by atoms with Crippen molar-refractivity contribution in [3.8, 4) is 0 Å². The van der Waals surface area contributed by atoms with Crippen LogP contribution in [0.4, 0.5) is 5.13 Å². The fourth-order valence-electron chi connectivity index (χ4n) is 2.62. The second-order valence-corrected chi connectivity index (χ2v) is 9.08. The summed E-state index contributed by atoms with van der Waals surface area (Å²) in [6.45, 7) is 7.06. The first kappa shape index (κ1) is 19.0. The molecule has 0 spiro atoms. The molecule has 2 aliphatic rings.